The molecule has 0 N–H and O–H groups in total. The van der Waals surface area contributed by atoms with E-state index in [4.69, 9.17) is 4.74 Å². The maximum absolute atomic E-state index is 12.1. The summed E-state index contributed by atoms with van der Waals surface area (Å²) >= 11 is 0. The first-order valence-corrected chi connectivity index (χ1v) is 6.52. The van der Waals surface area contributed by atoms with Gasteiger partial charge in [-0.2, -0.15) is 0 Å². The third-order valence-corrected chi connectivity index (χ3v) is 3.32. The predicted octanol–water partition coefficient (Wildman–Crippen LogP) is 2.89. The summed E-state index contributed by atoms with van der Waals surface area (Å²) in [5, 5.41) is 0. The molecular formula is C14H22O3. The molecule has 1 aliphatic carbocycles. The van der Waals surface area contributed by atoms with Crippen molar-refractivity contribution in [3.63, 3.8) is 0 Å². The largest absolute Gasteiger partial charge is 0.465 e. The van der Waals surface area contributed by atoms with E-state index in [1.165, 1.54) is 0 Å². The second kappa shape index (κ2) is 7.25. The molecule has 3 heteroatoms. The summed E-state index contributed by atoms with van der Waals surface area (Å²) in [6, 6.07) is 0. The number of allylic oxidation sites excluding steroid dienone is 1. The van der Waals surface area contributed by atoms with Gasteiger partial charge in [-0.05, 0) is 39.0 Å². The zero-order valence-electron chi connectivity index (χ0n) is 10.6. The molecule has 0 aromatic rings. The van der Waals surface area contributed by atoms with Crippen LogP contribution in [0.25, 0.3) is 0 Å². The minimum Gasteiger partial charge on any atom is -0.465 e. The topological polar surface area (TPSA) is 43.4 Å². The molecule has 0 aromatic heterocycles. The molecule has 0 heterocycles. The van der Waals surface area contributed by atoms with E-state index >= 15 is 0 Å². The van der Waals surface area contributed by atoms with Crippen LogP contribution in [0.4, 0.5) is 0 Å². The summed E-state index contributed by atoms with van der Waals surface area (Å²) in [7, 11) is 0. The Hall–Kier alpha value is -1.12. The summed E-state index contributed by atoms with van der Waals surface area (Å²) in [6.45, 7) is 5.79. The molecule has 0 aromatic carbocycles. The van der Waals surface area contributed by atoms with Gasteiger partial charge in [0.1, 0.15) is 11.7 Å². The van der Waals surface area contributed by atoms with Crippen LogP contribution in [0, 0.1) is 11.8 Å². The quantitative estimate of drug-likeness (QED) is 0.309. The van der Waals surface area contributed by atoms with Crippen molar-refractivity contribution < 1.29 is 14.3 Å². The van der Waals surface area contributed by atoms with Gasteiger partial charge >= 0.3 is 5.97 Å². The van der Waals surface area contributed by atoms with Gasteiger partial charge in [0.2, 0.25) is 0 Å². The molecule has 3 nitrogen and oxygen atoms in total. The highest BCUT2D eigenvalue weighted by Crippen LogP contribution is 2.30. The lowest BCUT2D eigenvalue weighted by molar-refractivity contribution is -0.154. The molecule has 0 saturated heterocycles. The van der Waals surface area contributed by atoms with E-state index in [2.05, 4.69) is 6.58 Å². The van der Waals surface area contributed by atoms with Crippen molar-refractivity contribution in [3.8, 4) is 0 Å². The van der Waals surface area contributed by atoms with Crippen molar-refractivity contribution in [2.45, 2.75) is 45.4 Å². The van der Waals surface area contributed by atoms with Crippen LogP contribution in [0.1, 0.15) is 45.4 Å². The van der Waals surface area contributed by atoms with Crippen molar-refractivity contribution in [3.05, 3.63) is 12.7 Å². The van der Waals surface area contributed by atoms with Crippen LogP contribution in [0.3, 0.4) is 0 Å². The first-order valence-electron chi connectivity index (χ1n) is 6.52. The zero-order chi connectivity index (χ0) is 12.7. The summed E-state index contributed by atoms with van der Waals surface area (Å²) in [6.07, 6.45) is 7.20. The Bertz CT molecular complexity index is 283. The minimum absolute atomic E-state index is 0.0538. The summed E-state index contributed by atoms with van der Waals surface area (Å²) < 4.78 is 4.95. The highest BCUT2D eigenvalue weighted by molar-refractivity contribution is 6.00. The molecule has 1 aliphatic rings. The molecule has 1 fully saturated rings. The average Bonchev–Trinajstić information content (AvgIpc) is 2.32. The van der Waals surface area contributed by atoms with E-state index in [9.17, 15) is 9.59 Å². The van der Waals surface area contributed by atoms with E-state index < -0.39 is 5.92 Å². The van der Waals surface area contributed by atoms with E-state index in [0.29, 0.717) is 13.0 Å². The van der Waals surface area contributed by atoms with Gasteiger partial charge in [-0.3, -0.25) is 9.59 Å². The highest BCUT2D eigenvalue weighted by Gasteiger charge is 2.36. The molecule has 0 spiro atoms. The van der Waals surface area contributed by atoms with Crippen LogP contribution < -0.4 is 0 Å². The highest BCUT2D eigenvalue weighted by atomic mass is 16.5. The van der Waals surface area contributed by atoms with E-state index in [0.717, 1.165) is 32.1 Å². The standard InChI is InChI=1S/C14H22O3/c1-3-5-6-8-11-9-7-10-12(13(11)15)14(16)17-4-2/h3,11-12H,1,4-10H2,2H3. The second-order valence-electron chi connectivity index (χ2n) is 4.55. The third kappa shape index (κ3) is 3.99. The number of Topliss-reactive ketones (excluding diaryl/α,β-unsaturated/α-hetero) is 1. The number of hydrogen-bond acceptors (Lipinski definition) is 3. The van der Waals surface area contributed by atoms with Gasteiger partial charge in [-0.15, -0.1) is 6.58 Å². The van der Waals surface area contributed by atoms with Gasteiger partial charge in [-0.1, -0.05) is 12.5 Å². The van der Waals surface area contributed by atoms with E-state index in [1.807, 2.05) is 6.08 Å². The first-order chi connectivity index (χ1) is 8.20. The molecule has 2 unspecified atom stereocenters. The number of rotatable bonds is 6. The molecule has 1 saturated carbocycles. The van der Waals surface area contributed by atoms with Gasteiger partial charge in [-0.25, -0.2) is 0 Å². The molecule has 0 radical (unpaired) electrons. The first kappa shape index (κ1) is 13.9. The van der Waals surface area contributed by atoms with Crippen LogP contribution in [0.5, 0.6) is 0 Å². The molecule has 96 valence electrons. The Labute approximate surface area is 103 Å². The minimum atomic E-state index is -0.502. The van der Waals surface area contributed by atoms with Crippen molar-refractivity contribution >= 4 is 11.8 Å². The molecule has 0 amide bonds. The third-order valence-electron chi connectivity index (χ3n) is 3.32. The summed E-state index contributed by atoms with van der Waals surface area (Å²) in [4.78, 5) is 23.7. The SMILES string of the molecule is C=CCCCC1CCCC(C(=O)OCC)C1=O. The average molecular weight is 238 g/mol. The maximum atomic E-state index is 12.1. The van der Waals surface area contributed by atoms with Crippen molar-refractivity contribution in [1.82, 2.24) is 0 Å². The predicted molar refractivity (Wildman–Crippen MR) is 66.5 cm³/mol. The normalized spacial score (nSPS) is 24.4. The van der Waals surface area contributed by atoms with Crippen LogP contribution in [-0.2, 0) is 14.3 Å². The van der Waals surface area contributed by atoms with Gasteiger partial charge in [0, 0.05) is 5.92 Å². The Kier molecular flexibility index (Phi) is 5.95. The number of ketones is 1. The lowest BCUT2D eigenvalue weighted by Crippen LogP contribution is -2.35. The van der Waals surface area contributed by atoms with E-state index in [-0.39, 0.29) is 17.7 Å². The van der Waals surface area contributed by atoms with E-state index in [1.54, 1.807) is 6.92 Å². The van der Waals surface area contributed by atoms with Crippen molar-refractivity contribution in [2.24, 2.45) is 11.8 Å². The van der Waals surface area contributed by atoms with Gasteiger partial charge in [0.25, 0.3) is 0 Å². The maximum Gasteiger partial charge on any atom is 0.316 e. The van der Waals surface area contributed by atoms with Crippen LogP contribution in [0.15, 0.2) is 12.7 Å². The smallest absolute Gasteiger partial charge is 0.316 e. The zero-order valence-corrected chi connectivity index (χ0v) is 10.6. The van der Waals surface area contributed by atoms with Crippen LogP contribution in [0.2, 0.25) is 0 Å². The van der Waals surface area contributed by atoms with Gasteiger partial charge in [0.05, 0.1) is 6.61 Å². The lowest BCUT2D eigenvalue weighted by atomic mass is 9.78. The Morgan fingerprint density at radius 1 is 1.53 bits per heavy atom. The lowest BCUT2D eigenvalue weighted by Gasteiger charge is -2.26. The molecule has 2 atom stereocenters. The van der Waals surface area contributed by atoms with Gasteiger partial charge in [0.15, 0.2) is 0 Å². The van der Waals surface area contributed by atoms with Crippen molar-refractivity contribution in [2.75, 3.05) is 6.61 Å². The fourth-order valence-electron chi connectivity index (χ4n) is 2.41. The molecule has 17 heavy (non-hydrogen) atoms. The number of carbonyl (C=O) groups is 2. The monoisotopic (exact) mass is 238 g/mol. The van der Waals surface area contributed by atoms with Crippen LogP contribution >= 0.6 is 0 Å². The number of ether oxygens (including phenoxy) is 1. The Morgan fingerprint density at radius 3 is 2.94 bits per heavy atom. The second-order valence-corrected chi connectivity index (χ2v) is 4.55. The molecule has 1 rings (SSSR count). The number of hydrogen-bond donors (Lipinski definition) is 0. The van der Waals surface area contributed by atoms with Crippen LogP contribution in [-0.4, -0.2) is 18.4 Å². The number of carbonyl (C=O) groups excluding carboxylic acids is 2. The number of unbranched alkanes of at least 4 members (excludes halogenated alkanes) is 1. The molecular weight excluding hydrogens is 216 g/mol. The fourth-order valence-corrected chi connectivity index (χ4v) is 2.41. The summed E-state index contributed by atoms with van der Waals surface area (Å²) in [5.41, 5.74) is 0. The summed E-state index contributed by atoms with van der Waals surface area (Å²) in [5.74, 6) is -0.680. The molecule has 0 bridgehead atoms. The number of esters is 1. The van der Waals surface area contributed by atoms with Gasteiger partial charge < -0.3 is 4.74 Å². The molecule has 0 aliphatic heterocycles. The fraction of sp³-hybridized carbons (Fsp3) is 0.714. The Morgan fingerprint density at radius 2 is 2.29 bits per heavy atom. The van der Waals surface area contributed by atoms with Crippen molar-refractivity contribution in [1.29, 1.82) is 0 Å². The Balaban J connectivity index is 2.49.